The van der Waals surface area contributed by atoms with Gasteiger partial charge in [0.05, 0.1) is 11.8 Å². The Balaban J connectivity index is 1.98. The van der Waals surface area contributed by atoms with E-state index in [1.165, 1.54) is 23.7 Å². The van der Waals surface area contributed by atoms with Crippen molar-refractivity contribution < 1.29 is 5.21 Å². The van der Waals surface area contributed by atoms with Crippen LogP contribution in [0.15, 0.2) is 35.7 Å². The number of rotatable bonds is 2. The molecule has 0 amide bonds. The van der Waals surface area contributed by atoms with Crippen LogP contribution in [0.3, 0.4) is 0 Å². The first kappa shape index (κ1) is 12.9. The zero-order valence-electron chi connectivity index (χ0n) is 10.7. The molecule has 1 aromatic carbocycles. The molecule has 1 N–H and O–H groups in total. The molecule has 0 spiro atoms. The molecule has 6 heteroatoms. The van der Waals surface area contributed by atoms with Crippen molar-refractivity contribution in [1.29, 1.82) is 0 Å². The molecule has 0 saturated heterocycles. The maximum atomic E-state index is 8.76. The smallest absolute Gasteiger partial charge is 0.143 e. The Bertz CT molecular complexity index is 659. The second-order valence-electron chi connectivity index (χ2n) is 4.59. The van der Waals surface area contributed by atoms with Crippen LogP contribution in [0.4, 0.5) is 5.82 Å². The van der Waals surface area contributed by atoms with E-state index in [9.17, 15) is 0 Å². The highest BCUT2D eigenvalue weighted by Gasteiger charge is 2.20. The number of hydrogen-bond donors (Lipinski definition) is 1. The van der Waals surface area contributed by atoms with Gasteiger partial charge in [-0.05, 0) is 17.5 Å². The Kier molecular flexibility index (Phi) is 3.52. The Hall–Kier alpha value is -2.14. The van der Waals surface area contributed by atoms with Gasteiger partial charge in [-0.1, -0.05) is 41.0 Å². The number of nitrogens with zero attached hydrogens (tertiary/aromatic N) is 4. The fourth-order valence-electron chi connectivity index (χ4n) is 2.46. The number of halogens is 1. The molecule has 2 heterocycles. The first-order valence-corrected chi connectivity index (χ1v) is 6.67. The van der Waals surface area contributed by atoms with Crippen LogP contribution in [0.5, 0.6) is 0 Å². The minimum Gasteiger partial charge on any atom is -0.411 e. The van der Waals surface area contributed by atoms with Gasteiger partial charge < -0.3 is 10.1 Å². The lowest BCUT2D eigenvalue weighted by Crippen LogP contribution is -2.32. The van der Waals surface area contributed by atoms with Crippen molar-refractivity contribution in [2.75, 3.05) is 11.4 Å². The SMILES string of the molecule is O/N=C\c1c(Cl)ncnc1N1CCc2ccccc2C1. The Morgan fingerprint density at radius 1 is 1.25 bits per heavy atom. The van der Waals surface area contributed by atoms with Crippen molar-refractivity contribution in [2.45, 2.75) is 13.0 Å². The third-order valence-electron chi connectivity index (χ3n) is 3.43. The predicted molar refractivity (Wildman–Crippen MR) is 77.6 cm³/mol. The maximum absolute atomic E-state index is 8.76. The number of benzene rings is 1. The molecule has 1 aliphatic rings. The lowest BCUT2D eigenvalue weighted by atomic mass is 10.00. The molecule has 102 valence electrons. The van der Waals surface area contributed by atoms with Crippen molar-refractivity contribution in [2.24, 2.45) is 5.16 Å². The highest BCUT2D eigenvalue weighted by atomic mass is 35.5. The summed E-state index contributed by atoms with van der Waals surface area (Å²) in [4.78, 5) is 10.3. The standard InChI is InChI=1S/C14H13ClN4O/c15-13-12(7-18-20)14(17-9-16-13)19-6-5-10-3-1-2-4-11(10)8-19/h1-4,7,9,20H,5-6,8H2/b18-7-. The number of aromatic nitrogens is 2. The molecule has 0 aliphatic carbocycles. The number of hydrogen-bond acceptors (Lipinski definition) is 5. The molecule has 3 rings (SSSR count). The molecule has 0 fully saturated rings. The minimum atomic E-state index is 0.284. The molecule has 0 unspecified atom stereocenters. The molecule has 2 aromatic rings. The van der Waals surface area contributed by atoms with E-state index in [4.69, 9.17) is 16.8 Å². The molecule has 20 heavy (non-hydrogen) atoms. The molecule has 0 atom stereocenters. The number of fused-ring (bicyclic) bond motifs is 1. The highest BCUT2D eigenvalue weighted by Crippen LogP contribution is 2.27. The van der Waals surface area contributed by atoms with Gasteiger partial charge in [0.1, 0.15) is 17.3 Å². The van der Waals surface area contributed by atoms with Crippen LogP contribution in [0, 0.1) is 0 Å². The summed E-state index contributed by atoms with van der Waals surface area (Å²) in [7, 11) is 0. The van der Waals surface area contributed by atoms with Crippen molar-refractivity contribution in [3.05, 3.63) is 52.4 Å². The van der Waals surface area contributed by atoms with Crippen LogP contribution in [0.1, 0.15) is 16.7 Å². The first-order valence-electron chi connectivity index (χ1n) is 6.29. The summed E-state index contributed by atoms with van der Waals surface area (Å²) >= 11 is 6.05. The first-order chi connectivity index (χ1) is 9.79. The van der Waals surface area contributed by atoms with Crippen LogP contribution in [-0.4, -0.2) is 27.9 Å². The summed E-state index contributed by atoms with van der Waals surface area (Å²) < 4.78 is 0. The summed E-state index contributed by atoms with van der Waals surface area (Å²) in [5, 5.41) is 12.1. The van der Waals surface area contributed by atoms with Gasteiger partial charge in [-0.2, -0.15) is 0 Å². The van der Waals surface area contributed by atoms with Gasteiger partial charge in [-0.15, -0.1) is 0 Å². The summed E-state index contributed by atoms with van der Waals surface area (Å²) in [5.41, 5.74) is 3.18. The zero-order chi connectivity index (χ0) is 13.9. The van der Waals surface area contributed by atoms with E-state index in [0.717, 1.165) is 19.5 Å². The Morgan fingerprint density at radius 2 is 2.05 bits per heavy atom. The summed E-state index contributed by atoms with van der Waals surface area (Å²) in [6.07, 6.45) is 3.65. The molecule has 5 nitrogen and oxygen atoms in total. The van der Waals surface area contributed by atoms with Crippen LogP contribution >= 0.6 is 11.6 Å². The quantitative estimate of drug-likeness (QED) is 0.399. The van der Waals surface area contributed by atoms with Crippen LogP contribution < -0.4 is 4.90 Å². The number of oxime groups is 1. The lowest BCUT2D eigenvalue weighted by Gasteiger charge is -2.30. The molecule has 0 bridgehead atoms. The van der Waals surface area contributed by atoms with Gasteiger partial charge in [-0.25, -0.2) is 9.97 Å². The minimum absolute atomic E-state index is 0.284. The largest absolute Gasteiger partial charge is 0.411 e. The summed E-state index contributed by atoms with van der Waals surface area (Å²) in [6, 6.07) is 8.35. The van der Waals surface area contributed by atoms with Crippen LogP contribution in [0.25, 0.3) is 0 Å². The molecule has 0 saturated carbocycles. The number of anilines is 1. The fourth-order valence-corrected chi connectivity index (χ4v) is 2.64. The predicted octanol–water partition coefficient (Wildman–Crippen LogP) is 2.50. The second kappa shape index (κ2) is 5.46. The second-order valence-corrected chi connectivity index (χ2v) is 4.94. The van der Waals surface area contributed by atoms with E-state index < -0.39 is 0 Å². The van der Waals surface area contributed by atoms with E-state index in [1.807, 2.05) is 6.07 Å². The average Bonchev–Trinajstić information content (AvgIpc) is 2.49. The molecule has 1 aliphatic heterocycles. The van der Waals surface area contributed by atoms with E-state index >= 15 is 0 Å². The molecule has 1 aromatic heterocycles. The lowest BCUT2D eigenvalue weighted by molar-refractivity contribution is 0.322. The monoisotopic (exact) mass is 288 g/mol. The summed E-state index contributed by atoms with van der Waals surface area (Å²) in [5.74, 6) is 0.692. The van der Waals surface area contributed by atoms with E-state index in [1.54, 1.807) is 0 Å². The Labute approximate surface area is 121 Å². The van der Waals surface area contributed by atoms with Gasteiger partial charge in [-0.3, -0.25) is 0 Å². The zero-order valence-corrected chi connectivity index (χ0v) is 11.5. The average molecular weight is 289 g/mol. The van der Waals surface area contributed by atoms with Gasteiger partial charge in [0, 0.05) is 13.1 Å². The highest BCUT2D eigenvalue weighted by molar-refractivity contribution is 6.32. The van der Waals surface area contributed by atoms with Crippen LogP contribution in [-0.2, 0) is 13.0 Å². The van der Waals surface area contributed by atoms with Crippen molar-refractivity contribution >= 4 is 23.6 Å². The van der Waals surface area contributed by atoms with Gasteiger partial charge in [0.2, 0.25) is 0 Å². The normalized spacial score (nSPS) is 14.6. The van der Waals surface area contributed by atoms with Gasteiger partial charge in [0.25, 0.3) is 0 Å². The van der Waals surface area contributed by atoms with Gasteiger partial charge >= 0.3 is 0 Å². The maximum Gasteiger partial charge on any atom is 0.143 e. The molecule has 0 radical (unpaired) electrons. The molecular formula is C14H13ClN4O. The fraction of sp³-hybridized carbons (Fsp3) is 0.214. The van der Waals surface area contributed by atoms with E-state index in [-0.39, 0.29) is 5.15 Å². The third kappa shape index (κ3) is 2.32. The molecular weight excluding hydrogens is 276 g/mol. The third-order valence-corrected chi connectivity index (χ3v) is 3.73. The van der Waals surface area contributed by atoms with Crippen molar-refractivity contribution in [3.63, 3.8) is 0 Å². The van der Waals surface area contributed by atoms with E-state index in [0.29, 0.717) is 11.4 Å². The summed E-state index contributed by atoms with van der Waals surface area (Å²) in [6.45, 7) is 1.60. The topological polar surface area (TPSA) is 61.6 Å². The van der Waals surface area contributed by atoms with E-state index in [2.05, 4.69) is 38.2 Å². The van der Waals surface area contributed by atoms with Crippen molar-refractivity contribution in [3.8, 4) is 0 Å². The van der Waals surface area contributed by atoms with Crippen molar-refractivity contribution in [1.82, 2.24) is 9.97 Å². The Morgan fingerprint density at radius 3 is 2.85 bits per heavy atom. The van der Waals surface area contributed by atoms with Gasteiger partial charge in [0.15, 0.2) is 0 Å². The van der Waals surface area contributed by atoms with Crippen LogP contribution in [0.2, 0.25) is 5.15 Å².